The number of nitrogens with one attached hydrogen (secondary N) is 1. The first-order chi connectivity index (χ1) is 9.28. The fourth-order valence-electron chi connectivity index (χ4n) is 1.49. The molecule has 20 heavy (non-hydrogen) atoms. The Bertz CT molecular complexity index is 533. The second-order valence-corrected chi connectivity index (χ2v) is 5.48. The summed E-state index contributed by atoms with van der Waals surface area (Å²) < 4.78 is 5.11. The number of hydrogen-bond donors (Lipinski definition) is 2. The summed E-state index contributed by atoms with van der Waals surface area (Å²) in [5.74, 6) is 6.22. The maximum absolute atomic E-state index is 11.4. The van der Waals surface area contributed by atoms with Crippen LogP contribution in [0.5, 0.6) is 5.75 Å². The summed E-state index contributed by atoms with van der Waals surface area (Å²) in [6.07, 6.45) is 0.111. The SMILES string of the molecule is Cc1cc(O)ccc1C#CCCNC(=O)OC(C)(C)C. The largest absolute Gasteiger partial charge is 0.508 e. The lowest BCUT2D eigenvalue weighted by atomic mass is 10.1. The van der Waals surface area contributed by atoms with E-state index in [0.29, 0.717) is 13.0 Å². The second-order valence-electron chi connectivity index (χ2n) is 5.48. The molecule has 0 aromatic heterocycles. The second kappa shape index (κ2) is 6.85. The molecule has 0 radical (unpaired) electrons. The molecule has 0 aliphatic carbocycles. The number of aryl methyl sites for hydroxylation is 1. The summed E-state index contributed by atoms with van der Waals surface area (Å²) in [4.78, 5) is 11.4. The van der Waals surface area contributed by atoms with Gasteiger partial charge in [0.15, 0.2) is 0 Å². The van der Waals surface area contributed by atoms with Gasteiger partial charge in [0, 0.05) is 18.5 Å². The summed E-state index contributed by atoms with van der Waals surface area (Å²) >= 11 is 0. The number of carbonyl (C=O) groups excluding carboxylic acids is 1. The lowest BCUT2D eigenvalue weighted by molar-refractivity contribution is 0.0529. The minimum Gasteiger partial charge on any atom is -0.508 e. The lowest BCUT2D eigenvalue weighted by Gasteiger charge is -2.19. The summed E-state index contributed by atoms with van der Waals surface area (Å²) in [5, 5.41) is 11.9. The Hall–Kier alpha value is -2.15. The number of aromatic hydroxyl groups is 1. The normalized spacial score (nSPS) is 10.4. The minimum absolute atomic E-state index is 0.236. The van der Waals surface area contributed by atoms with E-state index in [2.05, 4.69) is 17.2 Å². The third-order valence-corrected chi connectivity index (χ3v) is 2.35. The van der Waals surface area contributed by atoms with Crippen molar-refractivity contribution < 1.29 is 14.6 Å². The standard InChI is InChI=1S/C16H21NO3/c1-12-11-14(18)9-8-13(12)7-5-6-10-17-15(19)20-16(2,3)4/h8-9,11,18H,6,10H2,1-4H3,(H,17,19). The van der Waals surface area contributed by atoms with Gasteiger partial charge in [-0.25, -0.2) is 4.79 Å². The molecule has 0 spiro atoms. The average Bonchev–Trinajstić information content (AvgIpc) is 2.28. The number of ether oxygens (including phenoxy) is 1. The smallest absolute Gasteiger partial charge is 0.407 e. The van der Waals surface area contributed by atoms with Crippen molar-refractivity contribution in [2.75, 3.05) is 6.54 Å². The minimum atomic E-state index is -0.487. The zero-order valence-electron chi connectivity index (χ0n) is 12.4. The molecule has 1 aromatic rings. The van der Waals surface area contributed by atoms with E-state index in [0.717, 1.165) is 11.1 Å². The van der Waals surface area contributed by atoms with E-state index in [1.165, 1.54) is 0 Å². The quantitative estimate of drug-likeness (QED) is 0.644. The molecule has 0 saturated carbocycles. The molecule has 1 aromatic carbocycles. The van der Waals surface area contributed by atoms with E-state index in [-0.39, 0.29) is 5.75 Å². The van der Waals surface area contributed by atoms with Crippen LogP contribution >= 0.6 is 0 Å². The molecule has 1 amide bonds. The molecule has 0 aliphatic rings. The van der Waals surface area contributed by atoms with Gasteiger partial charge in [0.1, 0.15) is 11.4 Å². The van der Waals surface area contributed by atoms with Crippen LogP contribution in [-0.4, -0.2) is 23.3 Å². The topological polar surface area (TPSA) is 58.6 Å². The van der Waals surface area contributed by atoms with E-state index >= 15 is 0 Å². The Labute approximate surface area is 120 Å². The van der Waals surface area contributed by atoms with Crippen LogP contribution in [0.25, 0.3) is 0 Å². The van der Waals surface area contributed by atoms with Crippen molar-refractivity contribution in [1.82, 2.24) is 5.32 Å². The van der Waals surface area contributed by atoms with Gasteiger partial charge in [-0.05, 0) is 51.5 Å². The van der Waals surface area contributed by atoms with E-state index in [1.54, 1.807) is 18.2 Å². The molecule has 0 bridgehead atoms. The molecule has 108 valence electrons. The van der Waals surface area contributed by atoms with Crippen molar-refractivity contribution in [3.05, 3.63) is 29.3 Å². The Morgan fingerprint density at radius 3 is 2.70 bits per heavy atom. The Morgan fingerprint density at radius 2 is 2.10 bits per heavy atom. The van der Waals surface area contributed by atoms with Crippen LogP contribution in [0.1, 0.15) is 38.3 Å². The Balaban J connectivity index is 2.38. The number of hydrogen-bond acceptors (Lipinski definition) is 3. The summed E-state index contributed by atoms with van der Waals surface area (Å²) in [6, 6.07) is 5.05. The van der Waals surface area contributed by atoms with Crippen LogP contribution in [0.2, 0.25) is 0 Å². The van der Waals surface area contributed by atoms with Crippen molar-refractivity contribution in [3.8, 4) is 17.6 Å². The van der Waals surface area contributed by atoms with Gasteiger partial charge in [0.2, 0.25) is 0 Å². The van der Waals surface area contributed by atoms with Gasteiger partial charge >= 0.3 is 6.09 Å². The van der Waals surface area contributed by atoms with Gasteiger partial charge < -0.3 is 15.2 Å². The fourth-order valence-corrected chi connectivity index (χ4v) is 1.49. The summed E-state index contributed by atoms with van der Waals surface area (Å²) in [6.45, 7) is 7.79. The number of phenolic OH excluding ortho intramolecular Hbond substituents is 1. The number of phenols is 1. The molecule has 0 heterocycles. The highest BCUT2D eigenvalue weighted by Crippen LogP contribution is 2.14. The van der Waals surface area contributed by atoms with Crippen LogP contribution in [0.3, 0.4) is 0 Å². The van der Waals surface area contributed by atoms with E-state index in [9.17, 15) is 9.90 Å². The van der Waals surface area contributed by atoms with Gasteiger partial charge in [-0.3, -0.25) is 0 Å². The Kier molecular flexibility index (Phi) is 5.45. The van der Waals surface area contributed by atoms with Gasteiger partial charge in [-0.15, -0.1) is 0 Å². The average molecular weight is 275 g/mol. The first-order valence-electron chi connectivity index (χ1n) is 6.53. The molecule has 0 aliphatic heterocycles. The number of amides is 1. The predicted molar refractivity (Wildman–Crippen MR) is 78.6 cm³/mol. The van der Waals surface area contributed by atoms with Crippen LogP contribution in [-0.2, 0) is 4.74 Å². The van der Waals surface area contributed by atoms with Gasteiger partial charge in [-0.1, -0.05) is 11.8 Å². The molecule has 4 heteroatoms. The van der Waals surface area contributed by atoms with Crippen molar-refractivity contribution in [2.45, 2.75) is 39.7 Å². The molecule has 1 rings (SSSR count). The van der Waals surface area contributed by atoms with Crippen molar-refractivity contribution in [3.63, 3.8) is 0 Å². The molecule has 0 saturated heterocycles. The third-order valence-electron chi connectivity index (χ3n) is 2.35. The number of rotatable bonds is 2. The zero-order chi connectivity index (χ0) is 15.2. The van der Waals surface area contributed by atoms with Crippen molar-refractivity contribution in [1.29, 1.82) is 0 Å². The molecule has 0 unspecified atom stereocenters. The lowest BCUT2D eigenvalue weighted by Crippen LogP contribution is -2.32. The third kappa shape index (κ3) is 6.14. The monoisotopic (exact) mass is 275 g/mol. The summed E-state index contributed by atoms with van der Waals surface area (Å²) in [5.41, 5.74) is 1.32. The number of benzene rings is 1. The highest BCUT2D eigenvalue weighted by atomic mass is 16.6. The summed E-state index contributed by atoms with van der Waals surface area (Å²) in [7, 11) is 0. The van der Waals surface area contributed by atoms with Crippen molar-refractivity contribution >= 4 is 6.09 Å². The van der Waals surface area contributed by atoms with Gasteiger partial charge in [0.05, 0.1) is 0 Å². The molecule has 0 fully saturated rings. The van der Waals surface area contributed by atoms with Crippen molar-refractivity contribution in [2.24, 2.45) is 0 Å². The van der Waals surface area contributed by atoms with Gasteiger partial charge in [-0.2, -0.15) is 0 Å². The Morgan fingerprint density at radius 1 is 1.40 bits per heavy atom. The van der Waals surface area contributed by atoms with E-state index in [4.69, 9.17) is 4.74 Å². The van der Waals surface area contributed by atoms with E-state index < -0.39 is 11.7 Å². The highest BCUT2D eigenvalue weighted by molar-refractivity contribution is 5.67. The van der Waals surface area contributed by atoms with Gasteiger partial charge in [0.25, 0.3) is 0 Å². The zero-order valence-corrected chi connectivity index (χ0v) is 12.4. The van der Waals surface area contributed by atoms with Crippen LogP contribution in [0.15, 0.2) is 18.2 Å². The molecule has 0 atom stereocenters. The van der Waals surface area contributed by atoms with E-state index in [1.807, 2.05) is 27.7 Å². The first-order valence-corrected chi connectivity index (χ1v) is 6.53. The van der Waals surface area contributed by atoms with Crippen LogP contribution in [0.4, 0.5) is 4.79 Å². The molecule has 2 N–H and O–H groups in total. The number of carbonyl (C=O) groups is 1. The van der Waals surface area contributed by atoms with Crippen LogP contribution < -0.4 is 5.32 Å². The molecule has 4 nitrogen and oxygen atoms in total. The maximum Gasteiger partial charge on any atom is 0.407 e. The molecular formula is C16H21NO3. The first kappa shape index (κ1) is 15.9. The number of alkyl carbamates (subject to hydrolysis) is 1. The van der Waals surface area contributed by atoms with Crippen LogP contribution in [0, 0.1) is 18.8 Å². The predicted octanol–water partition coefficient (Wildman–Crippen LogP) is 2.97. The molecular weight excluding hydrogens is 254 g/mol. The maximum atomic E-state index is 11.4. The highest BCUT2D eigenvalue weighted by Gasteiger charge is 2.15. The fraction of sp³-hybridized carbons (Fsp3) is 0.438.